The fourth-order valence-electron chi connectivity index (χ4n) is 3.02. The Morgan fingerprint density at radius 2 is 1.76 bits per heavy atom. The van der Waals surface area contributed by atoms with Crippen LogP contribution in [0.4, 0.5) is 5.69 Å². The monoisotopic (exact) mass is 391 g/mol. The molecule has 0 atom stereocenters. The second kappa shape index (κ2) is 9.54. The summed E-state index contributed by atoms with van der Waals surface area (Å²) in [6.45, 7) is 2.33. The largest absolute Gasteiger partial charge is 0.370 e. The van der Waals surface area contributed by atoms with Gasteiger partial charge in [-0.05, 0) is 56.0 Å². The zero-order chi connectivity index (χ0) is 20.6. The van der Waals surface area contributed by atoms with Crippen LogP contribution in [0.15, 0.2) is 64.4 Å². The number of hydrogen-bond donors (Lipinski definition) is 4. The van der Waals surface area contributed by atoms with Gasteiger partial charge in [0.2, 0.25) is 5.78 Å². The molecule has 0 aliphatic rings. The number of nitrogens with zero attached hydrogens (tertiary/aromatic N) is 1. The number of benzene rings is 2. The molecule has 0 saturated heterocycles. The number of guanidine groups is 1. The Hall–Kier alpha value is -3.61. The van der Waals surface area contributed by atoms with Crippen molar-refractivity contribution in [3.63, 3.8) is 0 Å². The average Bonchev–Trinajstić information content (AvgIpc) is 3.06. The molecule has 150 valence electrons. The van der Waals surface area contributed by atoms with Crippen molar-refractivity contribution in [3.05, 3.63) is 87.6 Å². The first-order valence-electron chi connectivity index (χ1n) is 9.57. The van der Waals surface area contributed by atoms with Gasteiger partial charge in [-0.3, -0.25) is 9.79 Å². The van der Waals surface area contributed by atoms with Gasteiger partial charge in [0, 0.05) is 23.5 Å². The Morgan fingerprint density at radius 3 is 2.41 bits per heavy atom. The van der Waals surface area contributed by atoms with E-state index in [1.54, 1.807) is 31.2 Å². The van der Waals surface area contributed by atoms with Gasteiger partial charge >= 0.3 is 5.69 Å². The molecule has 0 aliphatic carbocycles. The summed E-state index contributed by atoms with van der Waals surface area (Å²) < 4.78 is 0. The van der Waals surface area contributed by atoms with Crippen LogP contribution in [0.1, 0.15) is 40.2 Å². The van der Waals surface area contributed by atoms with Gasteiger partial charge in [0.1, 0.15) is 5.69 Å². The Bertz CT molecular complexity index is 1030. The molecule has 3 rings (SSSR count). The van der Waals surface area contributed by atoms with E-state index < -0.39 is 5.69 Å². The number of carbonyl (C=O) groups excluding carboxylic acids is 1. The second-order valence-electron chi connectivity index (χ2n) is 6.82. The normalized spacial score (nSPS) is 11.4. The minimum atomic E-state index is -0.392. The smallest absolute Gasteiger partial charge is 0.323 e. The number of nitrogens with one attached hydrogen (secondary N) is 3. The van der Waals surface area contributed by atoms with Crippen molar-refractivity contribution in [1.29, 1.82) is 0 Å². The van der Waals surface area contributed by atoms with Crippen LogP contribution in [0.3, 0.4) is 0 Å². The number of carbonyl (C=O) groups is 1. The Morgan fingerprint density at radius 1 is 1.03 bits per heavy atom. The molecule has 0 radical (unpaired) electrons. The molecule has 7 nitrogen and oxygen atoms in total. The number of hydrogen-bond acceptors (Lipinski definition) is 3. The van der Waals surface area contributed by atoms with Crippen LogP contribution in [0.5, 0.6) is 0 Å². The molecule has 29 heavy (non-hydrogen) atoms. The lowest BCUT2D eigenvalue weighted by Crippen LogP contribution is -2.22. The van der Waals surface area contributed by atoms with E-state index in [-0.39, 0.29) is 11.5 Å². The van der Waals surface area contributed by atoms with Gasteiger partial charge in [-0.15, -0.1) is 0 Å². The van der Waals surface area contributed by atoms with E-state index in [4.69, 9.17) is 5.73 Å². The zero-order valence-corrected chi connectivity index (χ0v) is 16.4. The Balaban J connectivity index is 1.48. The predicted octanol–water partition coefficient (Wildman–Crippen LogP) is 2.99. The number of aryl methyl sites for hydroxylation is 2. The molecule has 0 amide bonds. The third-order valence-corrected chi connectivity index (χ3v) is 4.56. The number of H-pyrrole nitrogens is 2. The molecule has 5 N–H and O–H groups in total. The van der Waals surface area contributed by atoms with E-state index in [1.165, 1.54) is 5.56 Å². The van der Waals surface area contributed by atoms with Crippen LogP contribution in [-0.2, 0) is 6.42 Å². The standard InChI is InChI=1S/C22H25N5O2/c1-15-19(27-22(29)25-15)20(28)17-10-12-18(13-11-17)26-21(23)24-14-6-5-9-16-7-3-2-4-8-16/h2-4,7-8,10-13H,5-6,9,14H2,1H3,(H3,23,24,26)(H2,25,27,29). The maximum Gasteiger partial charge on any atom is 0.323 e. The van der Waals surface area contributed by atoms with E-state index >= 15 is 0 Å². The summed E-state index contributed by atoms with van der Waals surface area (Å²) in [5.74, 6) is 0.0991. The van der Waals surface area contributed by atoms with Crippen molar-refractivity contribution in [2.45, 2.75) is 26.2 Å². The van der Waals surface area contributed by atoms with E-state index in [1.807, 2.05) is 18.2 Å². The molecule has 0 saturated carbocycles. The van der Waals surface area contributed by atoms with Crippen molar-refractivity contribution in [1.82, 2.24) is 9.97 Å². The quantitative estimate of drug-likeness (QED) is 0.204. The predicted molar refractivity (Wildman–Crippen MR) is 116 cm³/mol. The van der Waals surface area contributed by atoms with Gasteiger partial charge in [-0.25, -0.2) is 4.79 Å². The summed E-state index contributed by atoms with van der Waals surface area (Å²) in [7, 11) is 0. The average molecular weight is 391 g/mol. The molecule has 0 unspecified atom stereocenters. The lowest BCUT2D eigenvalue weighted by atomic mass is 10.1. The van der Waals surface area contributed by atoms with Crippen molar-refractivity contribution in [2.75, 3.05) is 11.9 Å². The third kappa shape index (κ3) is 5.68. The SMILES string of the molecule is Cc1[nH]c(=O)[nH]c1C(=O)c1ccc(NC(N)=NCCCCc2ccccc2)cc1. The number of ketones is 1. The number of aliphatic imine (C=N–C) groups is 1. The molecule has 0 bridgehead atoms. The minimum Gasteiger partial charge on any atom is -0.370 e. The first-order valence-corrected chi connectivity index (χ1v) is 9.57. The van der Waals surface area contributed by atoms with Crippen LogP contribution in [0.2, 0.25) is 0 Å². The summed E-state index contributed by atoms with van der Waals surface area (Å²) in [4.78, 5) is 33.2. The number of nitrogens with two attached hydrogens (primary N) is 1. The zero-order valence-electron chi connectivity index (χ0n) is 16.4. The molecule has 1 heterocycles. The first-order chi connectivity index (χ1) is 14.0. The summed E-state index contributed by atoms with van der Waals surface area (Å²) in [6.07, 6.45) is 3.04. The maximum absolute atomic E-state index is 12.5. The molecule has 7 heteroatoms. The molecule has 0 aliphatic heterocycles. The highest BCUT2D eigenvalue weighted by molar-refractivity contribution is 6.08. The number of unbranched alkanes of at least 4 members (excludes halogenated alkanes) is 1. The third-order valence-electron chi connectivity index (χ3n) is 4.56. The topological polar surface area (TPSA) is 116 Å². The van der Waals surface area contributed by atoms with Crippen molar-refractivity contribution in [2.24, 2.45) is 10.7 Å². The van der Waals surface area contributed by atoms with Crippen molar-refractivity contribution < 1.29 is 4.79 Å². The lowest BCUT2D eigenvalue weighted by Gasteiger charge is -2.07. The summed E-state index contributed by atoms with van der Waals surface area (Å²) >= 11 is 0. The number of anilines is 1. The second-order valence-corrected chi connectivity index (χ2v) is 6.82. The van der Waals surface area contributed by atoms with Crippen molar-refractivity contribution in [3.8, 4) is 0 Å². The van der Waals surface area contributed by atoms with Crippen molar-refractivity contribution >= 4 is 17.4 Å². The van der Waals surface area contributed by atoms with Gasteiger partial charge in [-0.2, -0.15) is 0 Å². The highest BCUT2D eigenvalue weighted by Crippen LogP contribution is 2.13. The Kier molecular flexibility index (Phi) is 6.63. The molecular formula is C22H25N5O2. The van der Waals surface area contributed by atoms with E-state index in [9.17, 15) is 9.59 Å². The molecule has 3 aromatic rings. The molecule has 0 spiro atoms. The van der Waals surface area contributed by atoms with Crippen LogP contribution >= 0.6 is 0 Å². The van der Waals surface area contributed by atoms with Crippen LogP contribution in [0, 0.1) is 6.92 Å². The molecule has 1 aromatic heterocycles. The highest BCUT2D eigenvalue weighted by Gasteiger charge is 2.14. The van der Waals surface area contributed by atoms with E-state index in [0.29, 0.717) is 23.8 Å². The van der Waals surface area contributed by atoms with Gasteiger partial charge < -0.3 is 21.0 Å². The molecular weight excluding hydrogens is 366 g/mol. The lowest BCUT2D eigenvalue weighted by molar-refractivity contribution is 0.103. The van der Waals surface area contributed by atoms with E-state index in [0.717, 1.165) is 24.9 Å². The fourth-order valence-corrected chi connectivity index (χ4v) is 3.02. The Labute approximate surface area is 169 Å². The van der Waals surface area contributed by atoms with E-state index in [2.05, 4.69) is 32.4 Å². The van der Waals surface area contributed by atoms with Gasteiger partial charge in [-0.1, -0.05) is 30.3 Å². The number of imidazole rings is 1. The van der Waals surface area contributed by atoms with Crippen LogP contribution < -0.4 is 16.7 Å². The highest BCUT2D eigenvalue weighted by atomic mass is 16.1. The number of aromatic nitrogens is 2. The summed E-state index contributed by atoms with van der Waals surface area (Å²) in [5.41, 5.74) is 8.89. The summed E-state index contributed by atoms with van der Waals surface area (Å²) in [6, 6.07) is 17.2. The first kappa shape index (κ1) is 20.1. The van der Waals surface area contributed by atoms with Crippen LogP contribution in [-0.4, -0.2) is 28.3 Å². The van der Waals surface area contributed by atoms with Crippen LogP contribution in [0.25, 0.3) is 0 Å². The number of rotatable bonds is 8. The molecule has 2 aromatic carbocycles. The molecule has 0 fully saturated rings. The summed E-state index contributed by atoms with van der Waals surface area (Å²) in [5, 5.41) is 3.02. The fraction of sp³-hybridized carbons (Fsp3) is 0.227. The number of aromatic amines is 2. The van der Waals surface area contributed by atoms with Gasteiger partial charge in [0.25, 0.3) is 0 Å². The minimum absolute atomic E-state index is 0.243. The maximum atomic E-state index is 12.5. The van der Waals surface area contributed by atoms with Gasteiger partial charge in [0.15, 0.2) is 5.96 Å². The van der Waals surface area contributed by atoms with Gasteiger partial charge in [0.05, 0.1) is 0 Å².